The second-order valence-electron chi connectivity index (χ2n) is 12.1. The Labute approximate surface area is 242 Å². The SMILES string of the molecule is CCCC(CC)(N[P+](C1CCCCC1)(C1CCCCC1)C1CCCCC1)N(S(=O)(=O)C(F)(F)F)S(=O)(=O)C(F)(F)F. The van der Waals surface area contributed by atoms with E-state index in [9.17, 15) is 43.2 Å². The molecule has 0 heterocycles. The summed E-state index contributed by atoms with van der Waals surface area (Å²) < 4.78 is 136. The maximum Gasteiger partial charge on any atom is 0.512 e. The Morgan fingerprint density at radius 3 is 1.20 bits per heavy atom. The van der Waals surface area contributed by atoms with Crippen LogP contribution in [0.5, 0.6) is 0 Å². The zero-order valence-electron chi connectivity index (χ0n) is 24.1. The van der Waals surface area contributed by atoms with Crippen LogP contribution in [0.15, 0.2) is 0 Å². The molecule has 242 valence electrons. The predicted octanol–water partition coefficient (Wildman–Crippen LogP) is 8.41. The Morgan fingerprint density at radius 2 is 0.951 bits per heavy atom. The third-order valence-corrected chi connectivity index (χ3v) is 19.5. The Bertz CT molecular complexity index is 979. The van der Waals surface area contributed by atoms with Crippen molar-refractivity contribution in [2.75, 3.05) is 0 Å². The largest absolute Gasteiger partial charge is 0.512 e. The summed E-state index contributed by atoms with van der Waals surface area (Å²) in [4.78, 5) is 0. The molecule has 1 atom stereocenters. The van der Waals surface area contributed by atoms with Crippen LogP contribution in [0.2, 0.25) is 0 Å². The average Bonchev–Trinajstić information content (AvgIpc) is 2.91. The molecule has 3 fully saturated rings. The monoisotopic (exact) mass is 659 g/mol. The zero-order chi connectivity index (χ0) is 30.7. The lowest BCUT2D eigenvalue weighted by molar-refractivity contribution is -0.0581. The summed E-state index contributed by atoms with van der Waals surface area (Å²) >= 11 is 0. The summed E-state index contributed by atoms with van der Waals surface area (Å²) in [6.07, 6.45) is 11.7. The van der Waals surface area contributed by atoms with Gasteiger partial charge in [0.25, 0.3) is 0 Å². The molecule has 0 aliphatic heterocycles. The number of nitrogens with zero attached hydrogens (tertiary/aromatic N) is 1. The second-order valence-corrected chi connectivity index (χ2v) is 19.9. The number of nitrogens with one attached hydrogen (secondary N) is 1. The van der Waals surface area contributed by atoms with Crippen molar-refractivity contribution in [3.05, 3.63) is 0 Å². The van der Waals surface area contributed by atoms with Gasteiger partial charge < -0.3 is 0 Å². The van der Waals surface area contributed by atoms with Gasteiger partial charge in [-0.25, -0.2) is 16.8 Å². The molecule has 6 nitrogen and oxygen atoms in total. The number of rotatable bonds is 11. The smallest absolute Gasteiger partial charge is 0.202 e. The highest BCUT2D eigenvalue weighted by atomic mass is 32.3. The Hall–Kier alpha value is -0.170. The van der Waals surface area contributed by atoms with Crippen LogP contribution in [0.1, 0.15) is 129 Å². The molecule has 0 saturated heterocycles. The summed E-state index contributed by atoms with van der Waals surface area (Å²) in [6.45, 7) is 2.82. The van der Waals surface area contributed by atoms with Gasteiger partial charge in [0.2, 0.25) is 0 Å². The first-order valence-electron chi connectivity index (χ1n) is 15.1. The molecule has 0 aromatic heterocycles. The lowest BCUT2D eigenvalue weighted by atomic mass is 9.99. The first-order valence-corrected chi connectivity index (χ1v) is 20.0. The normalized spacial score (nSPS) is 23.5. The maximum absolute atomic E-state index is 14.1. The standard InChI is InChI=1S/C26H46F6N2O4PS2/c1-3-20-24(4-2,34(40(35,36)25(27,28)29)41(37,38)26(30,31)32)33-39(21-14-8-5-9-15-21,22-16-10-6-11-17-22)23-18-12-7-13-19-23/h21-23,33H,3-20H2,1-2H3/q+1. The van der Waals surface area contributed by atoms with Crippen LogP contribution in [0.4, 0.5) is 26.3 Å². The van der Waals surface area contributed by atoms with Crippen molar-refractivity contribution >= 4 is 27.5 Å². The van der Waals surface area contributed by atoms with Crippen molar-refractivity contribution in [2.24, 2.45) is 0 Å². The molecular formula is C26H46F6N2O4PS2+. The fourth-order valence-electron chi connectivity index (χ4n) is 7.82. The molecule has 3 rings (SSSR count). The number of alkyl halides is 6. The summed E-state index contributed by atoms with van der Waals surface area (Å²) in [7, 11) is -16.7. The van der Waals surface area contributed by atoms with Crippen LogP contribution in [-0.4, -0.2) is 54.2 Å². The Morgan fingerprint density at radius 1 is 0.634 bits per heavy atom. The van der Waals surface area contributed by atoms with Crippen LogP contribution in [-0.2, 0) is 20.0 Å². The summed E-state index contributed by atoms with van der Waals surface area (Å²) in [5.41, 5.74) is -15.1. The third kappa shape index (κ3) is 6.91. The molecule has 0 amide bonds. The lowest BCUT2D eigenvalue weighted by Crippen LogP contribution is -2.67. The molecule has 3 saturated carbocycles. The van der Waals surface area contributed by atoms with E-state index in [0.717, 1.165) is 96.3 Å². The predicted molar refractivity (Wildman–Crippen MR) is 150 cm³/mol. The second kappa shape index (κ2) is 13.4. The summed E-state index contributed by atoms with van der Waals surface area (Å²) in [5, 5.41) is 3.38. The molecular weight excluding hydrogens is 613 g/mol. The molecule has 15 heteroatoms. The van der Waals surface area contributed by atoms with E-state index in [1.165, 1.54) is 13.8 Å². The van der Waals surface area contributed by atoms with Crippen LogP contribution < -0.4 is 5.09 Å². The molecule has 1 unspecified atom stereocenters. The molecule has 0 bridgehead atoms. The number of hydrogen-bond donors (Lipinski definition) is 1. The van der Waals surface area contributed by atoms with Crippen molar-refractivity contribution < 1.29 is 43.2 Å². The van der Waals surface area contributed by atoms with E-state index < -0.39 is 60.7 Å². The molecule has 0 radical (unpaired) electrons. The van der Waals surface area contributed by atoms with Crippen molar-refractivity contribution in [2.45, 2.75) is 163 Å². The fourth-order valence-corrected chi connectivity index (χ4v) is 18.4. The topological polar surface area (TPSA) is 83.6 Å². The minimum atomic E-state index is -6.96. The van der Waals surface area contributed by atoms with Crippen molar-refractivity contribution in [3.63, 3.8) is 0 Å². The minimum Gasteiger partial charge on any atom is -0.202 e. The van der Waals surface area contributed by atoms with Gasteiger partial charge in [0, 0.05) is 0 Å². The molecule has 3 aliphatic carbocycles. The summed E-state index contributed by atoms with van der Waals surface area (Å²) in [5.74, 6) is 0. The van der Waals surface area contributed by atoms with Gasteiger partial charge in [0.15, 0.2) is 0 Å². The van der Waals surface area contributed by atoms with Gasteiger partial charge in [-0.15, -0.1) is 0 Å². The van der Waals surface area contributed by atoms with E-state index >= 15 is 0 Å². The van der Waals surface area contributed by atoms with Crippen LogP contribution in [0.3, 0.4) is 0 Å². The number of sulfonamides is 2. The molecule has 0 spiro atoms. The third-order valence-electron chi connectivity index (χ3n) is 9.56. The highest BCUT2D eigenvalue weighted by molar-refractivity contribution is 8.04. The minimum absolute atomic E-state index is 0.00531. The number of hydrogen-bond acceptors (Lipinski definition) is 5. The van der Waals surface area contributed by atoms with Crippen molar-refractivity contribution in [3.8, 4) is 0 Å². The lowest BCUT2D eigenvalue weighted by Gasteiger charge is -2.53. The summed E-state index contributed by atoms with van der Waals surface area (Å²) in [6, 6.07) is 0. The first kappa shape index (κ1) is 35.3. The quantitative estimate of drug-likeness (QED) is 0.137. The van der Waals surface area contributed by atoms with E-state index in [4.69, 9.17) is 0 Å². The zero-order valence-corrected chi connectivity index (χ0v) is 26.6. The first-order chi connectivity index (χ1) is 19.0. The van der Waals surface area contributed by atoms with Crippen molar-refractivity contribution in [1.82, 2.24) is 8.80 Å². The maximum atomic E-state index is 14.1. The van der Waals surface area contributed by atoms with Gasteiger partial charge in [0.1, 0.15) is 5.66 Å². The molecule has 1 N–H and O–H groups in total. The van der Waals surface area contributed by atoms with E-state index in [1.54, 1.807) is 0 Å². The highest BCUT2D eigenvalue weighted by Gasteiger charge is 2.70. The van der Waals surface area contributed by atoms with Gasteiger partial charge in [0.05, 0.1) is 24.4 Å². The molecule has 3 aliphatic rings. The van der Waals surface area contributed by atoms with Crippen LogP contribution in [0.25, 0.3) is 0 Å². The van der Waals surface area contributed by atoms with Gasteiger partial charge in [-0.2, -0.15) is 31.4 Å². The van der Waals surface area contributed by atoms with Gasteiger partial charge in [-0.05, 0) is 89.9 Å². The van der Waals surface area contributed by atoms with Gasteiger partial charge in [-0.3, -0.25) is 0 Å². The van der Waals surface area contributed by atoms with E-state index in [2.05, 4.69) is 5.09 Å². The van der Waals surface area contributed by atoms with Crippen LogP contribution in [0, 0.1) is 0 Å². The fraction of sp³-hybridized carbons (Fsp3) is 1.00. The Balaban J connectivity index is 2.38. The molecule has 0 aromatic carbocycles. The van der Waals surface area contributed by atoms with Crippen LogP contribution >= 0.6 is 7.41 Å². The molecule has 41 heavy (non-hydrogen) atoms. The van der Waals surface area contributed by atoms with Gasteiger partial charge >= 0.3 is 31.1 Å². The average molecular weight is 660 g/mol. The van der Waals surface area contributed by atoms with E-state index in [1.807, 2.05) is 0 Å². The Kier molecular flexibility index (Phi) is 11.6. The van der Waals surface area contributed by atoms with Gasteiger partial charge in [-0.1, -0.05) is 43.2 Å². The number of halogens is 6. The highest BCUT2D eigenvalue weighted by Crippen LogP contribution is 2.76. The van der Waals surface area contributed by atoms with E-state index in [-0.39, 0.29) is 23.4 Å². The van der Waals surface area contributed by atoms with E-state index in [0.29, 0.717) is 0 Å². The molecule has 0 aromatic rings. The van der Waals surface area contributed by atoms with Crippen molar-refractivity contribution in [1.29, 1.82) is 0 Å².